The lowest BCUT2D eigenvalue weighted by atomic mass is 9.99. The van der Waals surface area contributed by atoms with Crippen LogP contribution < -0.4 is 11.1 Å². The molecule has 1 heterocycles. The summed E-state index contributed by atoms with van der Waals surface area (Å²) in [5, 5.41) is 3.40. The quantitative estimate of drug-likeness (QED) is 0.843. The molecule has 3 nitrogen and oxygen atoms in total. The third kappa shape index (κ3) is 3.28. The van der Waals surface area contributed by atoms with Crippen molar-refractivity contribution in [3.05, 3.63) is 57.7 Å². The summed E-state index contributed by atoms with van der Waals surface area (Å²) >= 11 is 11.8. The summed E-state index contributed by atoms with van der Waals surface area (Å²) in [5.41, 5.74) is 5.83. The van der Waals surface area contributed by atoms with Crippen molar-refractivity contribution in [2.45, 2.75) is 12.2 Å². The van der Waals surface area contributed by atoms with Crippen LogP contribution in [0.15, 0.2) is 42.1 Å². The Morgan fingerprint density at radius 2 is 2.16 bits per heavy atom. The molecule has 0 radical (unpaired) electrons. The van der Waals surface area contributed by atoms with Crippen molar-refractivity contribution in [3.63, 3.8) is 0 Å². The summed E-state index contributed by atoms with van der Waals surface area (Å²) in [7, 11) is 0. The SMILES string of the molecule is NC(=O)C1=CC(F)(Cc2ccc(Cl)cc2Cl)NC=C1. The van der Waals surface area contributed by atoms with Gasteiger partial charge in [-0.25, -0.2) is 4.39 Å². The Morgan fingerprint density at radius 1 is 1.42 bits per heavy atom. The molecule has 0 bridgehead atoms. The molecule has 1 atom stereocenters. The number of nitrogens with one attached hydrogen (secondary N) is 1. The molecular weight excluding hydrogens is 290 g/mol. The van der Waals surface area contributed by atoms with E-state index in [0.717, 1.165) is 6.08 Å². The van der Waals surface area contributed by atoms with Gasteiger partial charge >= 0.3 is 0 Å². The van der Waals surface area contributed by atoms with Crippen molar-refractivity contribution < 1.29 is 9.18 Å². The summed E-state index contributed by atoms with van der Waals surface area (Å²) < 4.78 is 14.6. The van der Waals surface area contributed by atoms with Gasteiger partial charge in [-0.15, -0.1) is 0 Å². The molecule has 1 unspecified atom stereocenters. The second kappa shape index (κ2) is 5.23. The van der Waals surface area contributed by atoms with Gasteiger partial charge in [0, 0.05) is 28.2 Å². The van der Waals surface area contributed by atoms with Gasteiger partial charge in [0.05, 0.1) is 0 Å². The number of carbonyl (C=O) groups excluding carboxylic acids is 1. The zero-order chi connectivity index (χ0) is 14.0. The zero-order valence-electron chi connectivity index (χ0n) is 9.79. The second-order valence-electron chi connectivity index (χ2n) is 4.22. The zero-order valence-corrected chi connectivity index (χ0v) is 11.3. The number of hydrogen-bond acceptors (Lipinski definition) is 2. The van der Waals surface area contributed by atoms with Gasteiger partial charge in [-0.05, 0) is 29.8 Å². The minimum atomic E-state index is -1.91. The van der Waals surface area contributed by atoms with Crippen LogP contribution in [0.3, 0.4) is 0 Å². The Morgan fingerprint density at radius 3 is 2.79 bits per heavy atom. The maximum Gasteiger partial charge on any atom is 0.248 e. The lowest BCUT2D eigenvalue weighted by Crippen LogP contribution is -2.40. The first-order valence-corrected chi connectivity index (χ1v) is 6.25. The molecule has 6 heteroatoms. The highest BCUT2D eigenvalue weighted by Gasteiger charge is 2.30. The van der Waals surface area contributed by atoms with Crippen LogP contribution >= 0.6 is 23.2 Å². The van der Waals surface area contributed by atoms with Crippen LogP contribution in [0.5, 0.6) is 0 Å². The summed E-state index contributed by atoms with van der Waals surface area (Å²) in [6, 6.07) is 4.81. The van der Waals surface area contributed by atoms with E-state index in [0.29, 0.717) is 15.6 Å². The number of nitrogens with two attached hydrogens (primary N) is 1. The van der Waals surface area contributed by atoms with Crippen molar-refractivity contribution in [2.24, 2.45) is 5.73 Å². The first-order valence-electron chi connectivity index (χ1n) is 5.49. The van der Waals surface area contributed by atoms with Gasteiger partial charge in [-0.2, -0.15) is 0 Å². The van der Waals surface area contributed by atoms with Crippen LogP contribution in [-0.2, 0) is 11.2 Å². The predicted octanol–water partition coefficient (Wildman–Crippen LogP) is 2.73. The summed E-state index contributed by atoms with van der Waals surface area (Å²) in [6.07, 6.45) is 3.89. The molecule has 0 saturated heterocycles. The Balaban J connectivity index is 2.27. The van der Waals surface area contributed by atoms with Gasteiger partial charge in [0.15, 0.2) is 0 Å². The normalized spacial score (nSPS) is 21.7. The number of dihydropyridines is 1. The lowest BCUT2D eigenvalue weighted by molar-refractivity contribution is -0.114. The van der Waals surface area contributed by atoms with Crippen LogP contribution in [0.1, 0.15) is 5.56 Å². The van der Waals surface area contributed by atoms with Crippen LogP contribution in [0.4, 0.5) is 4.39 Å². The van der Waals surface area contributed by atoms with Gasteiger partial charge in [0.2, 0.25) is 11.7 Å². The molecule has 0 aromatic heterocycles. The summed E-state index contributed by atoms with van der Waals surface area (Å²) in [4.78, 5) is 11.1. The highest BCUT2D eigenvalue weighted by atomic mass is 35.5. The highest BCUT2D eigenvalue weighted by Crippen LogP contribution is 2.28. The predicted molar refractivity (Wildman–Crippen MR) is 73.6 cm³/mol. The van der Waals surface area contributed by atoms with E-state index in [1.807, 2.05) is 0 Å². The minimum absolute atomic E-state index is 0.0376. The smallest absolute Gasteiger partial charge is 0.248 e. The monoisotopic (exact) mass is 300 g/mol. The van der Waals surface area contributed by atoms with E-state index < -0.39 is 11.7 Å². The molecule has 0 saturated carbocycles. The average molecular weight is 301 g/mol. The second-order valence-corrected chi connectivity index (χ2v) is 5.06. The number of carbonyl (C=O) groups is 1. The Bertz CT molecular complexity index is 586. The fraction of sp³-hybridized carbons (Fsp3) is 0.154. The van der Waals surface area contributed by atoms with Gasteiger partial charge in [-0.3, -0.25) is 4.79 Å². The molecule has 1 amide bonds. The van der Waals surface area contributed by atoms with Crippen LogP contribution in [-0.4, -0.2) is 11.7 Å². The molecule has 1 aromatic rings. The van der Waals surface area contributed by atoms with Crippen molar-refractivity contribution in [3.8, 4) is 0 Å². The fourth-order valence-electron chi connectivity index (χ4n) is 1.80. The van der Waals surface area contributed by atoms with Gasteiger partial charge in [0.25, 0.3) is 0 Å². The number of alkyl halides is 1. The summed E-state index contributed by atoms with van der Waals surface area (Å²) in [5.74, 6) is -2.58. The fourth-order valence-corrected chi connectivity index (χ4v) is 2.28. The molecule has 0 fully saturated rings. The third-order valence-corrected chi connectivity index (χ3v) is 3.30. The molecular formula is C13H11Cl2FN2O. The van der Waals surface area contributed by atoms with Crippen LogP contribution in [0.2, 0.25) is 10.0 Å². The molecule has 0 aliphatic carbocycles. The van der Waals surface area contributed by atoms with Crippen molar-refractivity contribution in [2.75, 3.05) is 0 Å². The van der Waals surface area contributed by atoms with E-state index in [2.05, 4.69) is 5.32 Å². The van der Waals surface area contributed by atoms with Crippen LogP contribution in [0.25, 0.3) is 0 Å². The first-order chi connectivity index (χ1) is 8.89. The standard InChI is InChI=1S/C13H11Cl2FN2O/c14-10-2-1-8(11(15)5-10)6-13(16)7-9(12(17)19)3-4-18-13/h1-5,7,18H,6H2,(H2,17,19). The van der Waals surface area contributed by atoms with Crippen molar-refractivity contribution in [1.29, 1.82) is 0 Å². The third-order valence-electron chi connectivity index (χ3n) is 2.72. The van der Waals surface area contributed by atoms with E-state index in [4.69, 9.17) is 28.9 Å². The number of rotatable bonds is 3. The number of halogens is 3. The molecule has 1 aromatic carbocycles. The highest BCUT2D eigenvalue weighted by molar-refractivity contribution is 6.35. The number of primary amides is 1. The molecule has 0 spiro atoms. The Kier molecular flexibility index (Phi) is 3.83. The number of amides is 1. The first kappa shape index (κ1) is 13.9. The van der Waals surface area contributed by atoms with Crippen molar-refractivity contribution >= 4 is 29.1 Å². The molecule has 1 aliphatic rings. The Labute approximate surface area is 119 Å². The molecule has 100 valence electrons. The molecule has 3 N–H and O–H groups in total. The molecule has 19 heavy (non-hydrogen) atoms. The van der Waals surface area contributed by atoms with Gasteiger partial charge < -0.3 is 11.1 Å². The largest absolute Gasteiger partial charge is 0.366 e. The van der Waals surface area contributed by atoms with E-state index >= 15 is 0 Å². The van der Waals surface area contributed by atoms with E-state index in [-0.39, 0.29) is 12.0 Å². The molecule has 1 aliphatic heterocycles. The lowest BCUT2D eigenvalue weighted by Gasteiger charge is -2.26. The van der Waals surface area contributed by atoms with E-state index in [1.54, 1.807) is 18.2 Å². The van der Waals surface area contributed by atoms with E-state index in [9.17, 15) is 9.18 Å². The summed E-state index contributed by atoms with van der Waals surface area (Å²) in [6.45, 7) is 0. The van der Waals surface area contributed by atoms with Gasteiger partial charge in [0.1, 0.15) is 0 Å². The number of benzene rings is 1. The number of hydrogen-bond donors (Lipinski definition) is 2. The Hall–Kier alpha value is -1.52. The van der Waals surface area contributed by atoms with Gasteiger partial charge in [-0.1, -0.05) is 29.3 Å². The minimum Gasteiger partial charge on any atom is -0.366 e. The maximum atomic E-state index is 14.6. The van der Waals surface area contributed by atoms with Crippen molar-refractivity contribution in [1.82, 2.24) is 5.32 Å². The van der Waals surface area contributed by atoms with Crippen LogP contribution in [0, 0.1) is 0 Å². The maximum absolute atomic E-state index is 14.6. The topological polar surface area (TPSA) is 55.1 Å². The molecule has 2 rings (SSSR count). The van der Waals surface area contributed by atoms with E-state index in [1.165, 1.54) is 12.3 Å². The average Bonchev–Trinajstić information content (AvgIpc) is 2.33.